The highest BCUT2D eigenvalue weighted by Crippen LogP contribution is 2.12. The van der Waals surface area contributed by atoms with Gasteiger partial charge >= 0.3 is 0 Å². The lowest BCUT2D eigenvalue weighted by Gasteiger charge is -2.12. The predicted octanol–water partition coefficient (Wildman–Crippen LogP) is 2.58. The van der Waals surface area contributed by atoms with Gasteiger partial charge < -0.3 is 15.2 Å². The number of aromatic nitrogens is 4. The molecule has 0 unspecified atom stereocenters. The van der Waals surface area contributed by atoms with E-state index in [0.29, 0.717) is 6.54 Å². The molecule has 3 aromatic rings. The lowest BCUT2D eigenvalue weighted by atomic mass is 10.2. The van der Waals surface area contributed by atoms with E-state index in [2.05, 4.69) is 63.4 Å². The van der Waals surface area contributed by atoms with Crippen molar-refractivity contribution in [3.8, 4) is 0 Å². The van der Waals surface area contributed by atoms with E-state index < -0.39 is 0 Å². The monoisotopic (exact) mass is 393 g/mol. The molecule has 1 aromatic carbocycles. The summed E-state index contributed by atoms with van der Waals surface area (Å²) < 4.78 is 4.11. The summed E-state index contributed by atoms with van der Waals surface area (Å²) >= 11 is 0. The first kappa shape index (κ1) is 20.6. The summed E-state index contributed by atoms with van der Waals surface area (Å²) in [7, 11) is 1.97. The van der Waals surface area contributed by atoms with Crippen molar-refractivity contribution in [1.82, 2.24) is 30.0 Å². The second kappa shape index (κ2) is 9.91. The summed E-state index contributed by atoms with van der Waals surface area (Å²) in [5, 5.41) is 11.2. The zero-order chi connectivity index (χ0) is 20.6. The van der Waals surface area contributed by atoms with Crippen LogP contribution in [0, 0.1) is 13.8 Å². The molecule has 0 amide bonds. The minimum absolute atomic E-state index is 0.615. The minimum Gasteiger partial charge on any atom is -0.357 e. The average molecular weight is 394 g/mol. The molecule has 7 heteroatoms. The van der Waals surface area contributed by atoms with Gasteiger partial charge in [0, 0.05) is 56.8 Å². The van der Waals surface area contributed by atoms with Crippen molar-refractivity contribution in [2.24, 2.45) is 12.0 Å². The number of imidazole rings is 1. The van der Waals surface area contributed by atoms with E-state index in [-0.39, 0.29) is 0 Å². The van der Waals surface area contributed by atoms with Gasteiger partial charge in [0.15, 0.2) is 5.96 Å². The molecule has 3 rings (SSSR count). The van der Waals surface area contributed by atoms with Crippen LogP contribution in [0.25, 0.3) is 0 Å². The number of hydrogen-bond acceptors (Lipinski definition) is 3. The van der Waals surface area contributed by atoms with Crippen molar-refractivity contribution in [3.63, 3.8) is 0 Å². The third-order valence-corrected chi connectivity index (χ3v) is 5.04. The van der Waals surface area contributed by atoms with Gasteiger partial charge in [-0.2, -0.15) is 5.10 Å². The molecule has 0 radical (unpaired) electrons. The lowest BCUT2D eigenvalue weighted by Crippen LogP contribution is -2.38. The Kier molecular flexibility index (Phi) is 7.05. The Labute approximate surface area is 172 Å². The van der Waals surface area contributed by atoms with Gasteiger partial charge in [0.2, 0.25) is 0 Å². The van der Waals surface area contributed by atoms with Crippen molar-refractivity contribution in [3.05, 3.63) is 71.1 Å². The standard InChI is InChI=1S/C22H31N7/c1-5-23-22(26-15-20-17(2)27-28(4)18(20)3)25-12-11-21-24-13-14-29(21)16-19-9-7-6-8-10-19/h6-10,13-14H,5,11-12,15-16H2,1-4H3,(H2,23,25,26). The summed E-state index contributed by atoms with van der Waals surface area (Å²) in [5.74, 6) is 1.88. The summed E-state index contributed by atoms with van der Waals surface area (Å²) in [6.45, 7) is 9.22. The molecule has 0 bridgehead atoms. The third kappa shape index (κ3) is 5.47. The molecule has 0 aliphatic carbocycles. The molecule has 0 fully saturated rings. The molecule has 0 atom stereocenters. The molecule has 154 valence electrons. The van der Waals surface area contributed by atoms with E-state index in [0.717, 1.165) is 49.2 Å². The molecule has 29 heavy (non-hydrogen) atoms. The van der Waals surface area contributed by atoms with E-state index in [1.54, 1.807) is 0 Å². The van der Waals surface area contributed by atoms with Crippen molar-refractivity contribution in [1.29, 1.82) is 0 Å². The van der Waals surface area contributed by atoms with Crippen LogP contribution in [-0.4, -0.2) is 38.4 Å². The maximum atomic E-state index is 4.74. The Bertz CT molecular complexity index is 937. The highest BCUT2D eigenvalue weighted by Gasteiger charge is 2.09. The Hall–Kier alpha value is -3.09. The SMILES string of the molecule is CCNC(=NCc1c(C)nn(C)c1C)NCCc1nccn1Cc1ccccc1. The first-order chi connectivity index (χ1) is 14.1. The van der Waals surface area contributed by atoms with Crippen LogP contribution in [0.1, 0.15) is 35.3 Å². The number of nitrogens with zero attached hydrogens (tertiary/aromatic N) is 5. The zero-order valence-electron chi connectivity index (χ0n) is 17.8. The van der Waals surface area contributed by atoms with Gasteiger partial charge in [0.05, 0.1) is 12.2 Å². The topological polar surface area (TPSA) is 72.1 Å². The third-order valence-electron chi connectivity index (χ3n) is 5.04. The van der Waals surface area contributed by atoms with Crippen LogP contribution in [0.3, 0.4) is 0 Å². The summed E-state index contributed by atoms with van der Waals surface area (Å²) in [6, 6.07) is 10.5. The largest absolute Gasteiger partial charge is 0.357 e. The maximum Gasteiger partial charge on any atom is 0.191 e. The summed E-state index contributed by atoms with van der Waals surface area (Å²) in [6.07, 6.45) is 4.73. The number of aliphatic imine (C=N–C) groups is 1. The fourth-order valence-corrected chi connectivity index (χ4v) is 3.33. The van der Waals surface area contributed by atoms with Gasteiger partial charge in [0.25, 0.3) is 0 Å². The van der Waals surface area contributed by atoms with Crippen LogP contribution in [-0.2, 0) is 26.6 Å². The normalized spacial score (nSPS) is 11.7. The predicted molar refractivity (Wildman–Crippen MR) is 117 cm³/mol. The second-order valence-corrected chi connectivity index (χ2v) is 7.10. The van der Waals surface area contributed by atoms with E-state index in [4.69, 9.17) is 4.99 Å². The Morgan fingerprint density at radius 3 is 2.62 bits per heavy atom. The minimum atomic E-state index is 0.615. The molecule has 2 N–H and O–H groups in total. The number of aryl methyl sites for hydroxylation is 2. The zero-order valence-corrected chi connectivity index (χ0v) is 17.8. The van der Waals surface area contributed by atoms with Gasteiger partial charge in [-0.1, -0.05) is 30.3 Å². The summed E-state index contributed by atoms with van der Waals surface area (Å²) in [5.41, 5.74) is 4.65. The average Bonchev–Trinajstić information content (AvgIpc) is 3.24. The van der Waals surface area contributed by atoms with Crippen LogP contribution in [0.15, 0.2) is 47.7 Å². The number of benzene rings is 1. The smallest absolute Gasteiger partial charge is 0.191 e. The van der Waals surface area contributed by atoms with Crippen LogP contribution < -0.4 is 10.6 Å². The Morgan fingerprint density at radius 1 is 1.14 bits per heavy atom. The van der Waals surface area contributed by atoms with E-state index >= 15 is 0 Å². The fourth-order valence-electron chi connectivity index (χ4n) is 3.33. The van der Waals surface area contributed by atoms with Crippen LogP contribution >= 0.6 is 0 Å². The van der Waals surface area contributed by atoms with E-state index in [1.165, 1.54) is 11.1 Å². The number of nitrogens with one attached hydrogen (secondary N) is 2. The molecular formula is C22H31N7. The molecule has 0 saturated heterocycles. The van der Waals surface area contributed by atoms with Gasteiger partial charge in [-0.3, -0.25) is 4.68 Å². The quantitative estimate of drug-likeness (QED) is 0.456. The van der Waals surface area contributed by atoms with E-state index in [1.807, 2.05) is 37.1 Å². The molecule has 0 saturated carbocycles. The first-order valence-corrected chi connectivity index (χ1v) is 10.1. The van der Waals surface area contributed by atoms with Crippen LogP contribution in [0.2, 0.25) is 0 Å². The van der Waals surface area contributed by atoms with Crippen molar-refractivity contribution in [2.45, 2.75) is 40.3 Å². The highest BCUT2D eigenvalue weighted by molar-refractivity contribution is 5.79. The van der Waals surface area contributed by atoms with E-state index in [9.17, 15) is 0 Å². The number of guanidine groups is 1. The van der Waals surface area contributed by atoms with Gasteiger partial charge in [0.1, 0.15) is 5.82 Å². The molecule has 2 aromatic heterocycles. The molecular weight excluding hydrogens is 362 g/mol. The highest BCUT2D eigenvalue weighted by atomic mass is 15.3. The first-order valence-electron chi connectivity index (χ1n) is 10.1. The molecule has 7 nitrogen and oxygen atoms in total. The number of hydrogen-bond donors (Lipinski definition) is 2. The maximum absolute atomic E-state index is 4.74. The molecule has 0 aliphatic heterocycles. The van der Waals surface area contributed by atoms with Crippen molar-refractivity contribution >= 4 is 5.96 Å². The van der Waals surface area contributed by atoms with Gasteiger partial charge in [-0.05, 0) is 26.3 Å². The van der Waals surface area contributed by atoms with Crippen LogP contribution in [0.5, 0.6) is 0 Å². The van der Waals surface area contributed by atoms with Gasteiger partial charge in [-0.25, -0.2) is 9.98 Å². The lowest BCUT2D eigenvalue weighted by molar-refractivity contribution is 0.694. The Balaban J connectivity index is 1.58. The fraction of sp³-hybridized carbons (Fsp3) is 0.409. The number of rotatable bonds is 8. The Morgan fingerprint density at radius 2 is 1.93 bits per heavy atom. The summed E-state index contributed by atoms with van der Waals surface area (Å²) in [4.78, 5) is 9.27. The van der Waals surface area contributed by atoms with Crippen LogP contribution in [0.4, 0.5) is 0 Å². The van der Waals surface area contributed by atoms with Gasteiger partial charge in [-0.15, -0.1) is 0 Å². The molecule has 0 spiro atoms. The molecule has 0 aliphatic rings. The second-order valence-electron chi connectivity index (χ2n) is 7.10. The van der Waals surface area contributed by atoms with Crippen molar-refractivity contribution < 1.29 is 0 Å². The molecule has 2 heterocycles. The van der Waals surface area contributed by atoms with Crippen molar-refractivity contribution in [2.75, 3.05) is 13.1 Å².